The first-order valence-corrected chi connectivity index (χ1v) is 5.76. The van der Waals surface area contributed by atoms with Gasteiger partial charge in [-0.3, -0.25) is 0 Å². The maximum absolute atomic E-state index is 12.4. The maximum Gasteiger partial charge on any atom is 0.390 e. The Balaban J connectivity index is 2.66. The summed E-state index contributed by atoms with van der Waals surface area (Å²) in [5.74, 6) is 0.697. The van der Waals surface area contributed by atoms with Gasteiger partial charge >= 0.3 is 6.18 Å². The van der Waals surface area contributed by atoms with Crippen LogP contribution < -0.4 is 5.32 Å². The summed E-state index contributed by atoms with van der Waals surface area (Å²) in [6.07, 6.45) is -1.26. The van der Waals surface area contributed by atoms with Gasteiger partial charge < -0.3 is 9.88 Å². The Kier molecular flexibility index (Phi) is 4.99. The standard InChI is InChI=1S/C11H18F3N3/c1-3-15-9(8-11(12,13)14)7-10-16-5-6-17(10)4-2/h5-6,9,15H,3-4,7-8H2,1-2H3. The zero-order valence-electron chi connectivity index (χ0n) is 10.1. The summed E-state index contributed by atoms with van der Waals surface area (Å²) in [6.45, 7) is 4.99. The Hall–Kier alpha value is -1.04. The van der Waals surface area contributed by atoms with Crippen LogP contribution in [-0.2, 0) is 13.0 Å². The predicted molar refractivity (Wildman–Crippen MR) is 59.7 cm³/mol. The Morgan fingerprint density at radius 2 is 2.12 bits per heavy atom. The van der Waals surface area contributed by atoms with Gasteiger partial charge in [0.15, 0.2) is 0 Å². The molecule has 0 aromatic carbocycles. The number of nitrogens with one attached hydrogen (secondary N) is 1. The first-order chi connectivity index (χ1) is 7.96. The minimum Gasteiger partial charge on any atom is -0.335 e. The largest absolute Gasteiger partial charge is 0.390 e. The molecule has 3 nitrogen and oxygen atoms in total. The normalized spacial score (nSPS) is 13.9. The Morgan fingerprint density at radius 1 is 1.41 bits per heavy atom. The van der Waals surface area contributed by atoms with E-state index in [0.29, 0.717) is 18.8 Å². The van der Waals surface area contributed by atoms with E-state index in [0.717, 1.165) is 6.54 Å². The van der Waals surface area contributed by atoms with Crippen molar-refractivity contribution in [2.45, 2.75) is 45.5 Å². The molecule has 17 heavy (non-hydrogen) atoms. The number of hydrogen-bond donors (Lipinski definition) is 1. The third-order valence-corrected chi connectivity index (χ3v) is 2.54. The molecule has 1 aromatic heterocycles. The molecule has 0 aliphatic carbocycles. The second-order valence-corrected chi connectivity index (χ2v) is 3.91. The zero-order chi connectivity index (χ0) is 12.9. The molecular formula is C11H18F3N3. The first-order valence-electron chi connectivity index (χ1n) is 5.76. The summed E-state index contributed by atoms with van der Waals surface area (Å²) < 4.78 is 39.0. The quantitative estimate of drug-likeness (QED) is 0.838. The Labute approximate surface area is 99.0 Å². The van der Waals surface area contributed by atoms with Crippen molar-refractivity contribution < 1.29 is 13.2 Å². The lowest BCUT2D eigenvalue weighted by molar-refractivity contribution is -0.139. The molecule has 0 amide bonds. The molecular weight excluding hydrogens is 231 g/mol. The number of likely N-dealkylation sites (N-methyl/N-ethyl adjacent to an activating group) is 1. The van der Waals surface area contributed by atoms with Crippen LogP contribution in [-0.4, -0.2) is 28.3 Å². The van der Waals surface area contributed by atoms with Crippen molar-refractivity contribution in [2.24, 2.45) is 0 Å². The molecule has 6 heteroatoms. The number of aryl methyl sites for hydroxylation is 1. The maximum atomic E-state index is 12.4. The molecule has 0 aliphatic rings. The van der Waals surface area contributed by atoms with Gasteiger partial charge in [-0.15, -0.1) is 0 Å². The number of rotatable bonds is 6. The van der Waals surface area contributed by atoms with Gasteiger partial charge in [0.2, 0.25) is 0 Å². The highest BCUT2D eigenvalue weighted by Gasteiger charge is 2.32. The summed E-state index contributed by atoms with van der Waals surface area (Å²) in [6, 6.07) is -0.604. The summed E-state index contributed by atoms with van der Waals surface area (Å²) in [7, 11) is 0. The van der Waals surface area contributed by atoms with E-state index in [4.69, 9.17) is 0 Å². The van der Waals surface area contributed by atoms with Crippen LogP contribution in [0.1, 0.15) is 26.1 Å². The average molecular weight is 249 g/mol. The van der Waals surface area contributed by atoms with Crippen LogP contribution >= 0.6 is 0 Å². The second-order valence-electron chi connectivity index (χ2n) is 3.91. The van der Waals surface area contributed by atoms with E-state index >= 15 is 0 Å². The van der Waals surface area contributed by atoms with Crippen molar-refractivity contribution in [2.75, 3.05) is 6.54 Å². The second kappa shape index (κ2) is 6.05. The zero-order valence-corrected chi connectivity index (χ0v) is 10.1. The van der Waals surface area contributed by atoms with Crippen molar-refractivity contribution in [1.82, 2.24) is 14.9 Å². The van der Waals surface area contributed by atoms with E-state index in [1.165, 1.54) is 0 Å². The van der Waals surface area contributed by atoms with E-state index in [2.05, 4.69) is 10.3 Å². The fourth-order valence-corrected chi connectivity index (χ4v) is 1.82. The highest BCUT2D eigenvalue weighted by Crippen LogP contribution is 2.22. The number of alkyl halides is 3. The SMILES string of the molecule is CCNC(Cc1nccn1CC)CC(F)(F)F. The summed E-state index contributed by atoms with van der Waals surface area (Å²) >= 11 is 0. The van der Waals surface area contributed by atoms with Crippen molar-refractivity contribution in [3.05, 3.63) is 18.2 Å². The molecule has 1 rings (SSSR count). The van der Waals surface area contributed by atoms with Crippen molar-refractivity contribution >= 4 is 0 Å². The van der Waals surface area contributed by atoms with Gasteiger partial charge in [-0.25, -0.2) is 4.98 Å². The third-order valence-electron chi connectivity index (χ3n) is 2.54. The van der Waals surface area contributed by atoms with Crippen molar-refractivity contribution in [3.8, 4) is 0 Å². The fraction of sp³-hybridized carbons (Fsp3) is 0.727. The van der Waals surface area contributed by atoms with Crippen LogP contribution in [0.3, 0.4) is 0 Å². The van der Waals surface area contributed by atoms with E-state index in [-0.39, 0.29) is 0 Å². The van der Waals surface area contributed by atoms with E-state index in [9.17, 15) is 13.2 Å². The van der Waals surface area contributed by atoms with E-state index in [1.54, 1.807) is 19.3 Å². The summed E-state index contributed by atoms with van der Waals surface area (Å²) in [5.41, 5.74) is 0. The van der Waals surface area contributed by atoms with Crippen LogP contribution in [0.4, 0.5) is 13.2 Å². The summed E-state index contributed by atoms with van der Waals surface area (Å²) in [4.78, 5) is 4.09. The molecule has 0 saturated carbocycles. The van der Waals surface area contributed by atoms with Crippen LogP contribution in [0.5, 0.6) is 0 Å². The molecule has 98 valence electrons. The number of hydrogen-bond acceptors (Lipinski definition) is 2. The lowest BCUT2D eigenvalue weighted by Gasteiger charge is -2.19. The molecule has 1 atom stereocenters. The van der Waals surface area contributed by atoms with Crippen LogP contribution in [0.2, 0.25) is 0 Å². The third kappa shape index (κ3) is 4.77. The molecule has 0 spiro atoms. The van der Waals surface area contributed by atoms with Crippen LogP contribution in [0, 0.1) is 0 Å². The van der Waals surface area contributed by atoms with Gasteiger partial charge in [-0.05, 0) is 13.5 Å². The van der Waals surface area contributed by atoms with Crippen molar-refractivity contribution in [3.63, 3.8) is 0 Å². The highest BCUT2D eigenvalue weighted by molar-refractivity contribution is 4.96. The topological polar surface area (TPSA) is 29.9 Å². The molecule has 0 aliphatic heterocycles. The Morgan fingerprint density at radius 3 is 2.65 bits per heavy atom. The van der Waals surface area contributed by atoms with E-state index < -0.39 is 18.6 Å². The van der Waals surface area contributed by atoms with Gasteiger partial charge in [-0.1, -0.05) is 6.92 Å². The van der Waals surface area contributed by atoms with Crippen LogP contribution in [0.15, 0.2) is 12.4 Å². The molecule has 0 bridgehead atoms. The number of halogens is 3. The minimum atomic E-state index is -4.14. The van der Waals surface area contributed by atoms with Gasteiger partial charge in [0, 0.05) is 31.4 Å². The average Bonchev–Trinajstić information content (AvgIpc) is 2.63. The van der Waals surface area contributed by atoms with Gasteiger partial charge in [-0.2, -0.15) is 13.2 Å². The first kappa shape index (κ1) is 14.0. The van der Waals surface area contributed by atoms with Gasteiger partial charge in [0.25, 0.3) is 0 Å². The number of aromatic nitrogens is 2. The predicted octanol–water partition coefficient (Wildman–Crippen LogP) is 2.38. The fourth-order valence-electron chi connectivity index (χ4n) is 1.82. The number of nitrogens with zero attached hydrogens (tertiary/aromatic N) is 2. The summed E-state index contributed by atoms with van der Waals surface area (Å²) in [5, 5.41) is 2.86. The molecule has 0 saturated heterocycles. The lowest BCUT2D eigenvalue weighted by atomic mass is 10.1. The van der Waals surface area contributed by atoms with E-state index in [1.807, 2.05) is 11.5 Å². The molecule has 1 N–H and O–H groups in total. The van der Waals surface area contributed by atoms with Crippen LogP contribution in [0.25, 0.3) is 0 Å². The molecule has 1 unspecified atom stereocenters. The molecule has 1 aromatic rings. The Bertz CT molecular complexity index is 333. The molecule has 0 fully saturated rings. The minimum absolute atomic E-state index is 0.300. The van der Waals surface area contributed by atoms with Crippen molar-refractivity contribution in [1.29, 1.82) is 0 Å². The highest BCUT2D eigenvalue weighted by atomic mass is 19.4. The lowest BCUT2D eigenvalue weighted by Crippen LogP contribution is -2.36. The number of imidazole rings is 1. The van der Waals surface area contributed by atoms with Gasteiger partial charge in [0.05, 0.1) is 6.42 Å². The molecule has 0 radical (unpaired) electrons. The monoisotopic (exact) mass is 249 g/mol. The van der Waals surface area contributed by atoms with Gasteiger partial charge in [0.1, 0.15) is 5.82 Å². The smallest absolute Gasteiger partial charge is 0.335 e. The molecule has 1 heterocycles.